The van der Waals surface area contributed by atoms with E-state index in [2.05, 4.69) is 5.32 Å². The van der Waals surface area contributed by atoms with E-state index in [1.807, 2.05) is 68.4 Å². The first-order chi connectivity index (χ1) is 12.1. The lowest BCUT2D eigenvalue weighted by Gasteiger charge is -2.24. The molecule has 1 unspecified atom stereocenters. The van der Waals surface area contributed by atoms with Gasteiger partial charge in [0.05, 0.1) is 11.5 Å². The van der Waals surface area contributed by atoms with Crippen molar-refractivity contribution >= 4 is 11.6 Å². The second-order valence-electron chi connectivity index (χ2n) is 6.92. The van der Waals surface area contributed by atoms with Crippen LogP contribution in [0.2, 0.25) is 0 Å². The summed E-state index contributed by atoms with van der Waals surface area (Å²) < 4.78 is 11.4. The molecular weight excluding hydrogens is 314 g/mol. The van der Waals surface area contributed by atoms with Gasteiger partial charge in [-0.25, -0.2) is 0 Å². The summed E-state index contributed by atoms with van der Waals surface area (Å²) >= 11 is 0. The zero-order valence-corrected chi connectivity index (χ0v) is 14.8. The third kappa shape index (κ3) is 4.40. The first kappa shape index (κ1) is 17.5. The number of rotatable bonds is 6. The van der Waals surface area contributed by atoms with Crippen LogP contribution < -0.4 is 10.1 Å². The summed E-state index contributed by atoms with van der Waals surface area (Å²) in [6.45, 7) is 5.22. The van der Waals surface area contributed by atoms with Crippen molar-refractivity contribution in [3.8, 4) is 5.75 Å². The van der Waals surface area contributed by atoms with Crippen LogP contribution in [0.4, 0.5) is 5.69 Å². The molecule has 1 aliphatic rings. The minimum atomic E-state index is -0.615. The van der Waals surface area contributed by atoms with Gasteiger partial charge in [-0.2, -0.15) is 0 Å². The van der Waals surface area contributed by atoms with Crippen molar-refractivity contribution in [2.75, 3.05) is 18.5 Å². The Bertz CT molecular complexity index is 706. The van der Waals surface area contributed by atoms with Crippen molar-refractivity contribution in [1.29, 1.82) is 0 Å². The van der Waals surface area contributed by atoms with E-state index in [0.717, 1.165) is 36.4 Å². The van der Waals surface area contributed by atoms with Gasteiger partial charge in [-0.1, -0.05) is 36.4 Å². The van der Waals surface area contributed by atoms with Gasteiger partial charge in [0.25, 0.3) is 0 Å². The second kappa shape index (κ2) is 7.70. The van der Waals surface area contributed by atoms with Gasteiger partial charge < -0.3 is 14.8 Å². The lowest BCUT2D eigenvalue weighted by Crippen LogP contribution is -2.34. The molecule has 2 aromatic rings. The average molecular weight is 339 g/mol. The van der Waals surface area contributed by atoms with Crippen LogP contribution in [0.3, 0.4) is 0 Å². The Kier molecular flexibility index (Phi) is 5.39. The fourth-order valence-electron chi connectivity index (χ4n) is 2.90. The van der Waals surface area contributed by atoms with Gasteiger partial charge in [0.1, 0.15) is 12.4 Å². The molecule has 0 spiro atoms. The Hall–Kier alpha value is -2.33. The summed E-state index contributed by atoms with van der Waals surface area (Å²) in [5.74, 6) is 0.695. The highest BCUT2D eigenvalue weighted by molar-refractivity contribution is 5.98. The second-order valence-corrected chi connectivity index (χ2v) is 6.92. The summed E-state index contributed by atoms with van der Waals surface area (Å²) in [4.78, 5) is 12.7. The Morgan fingerprint density at radius 3 is 2.72 bits per heavy atom. The van der Waals surface area contributed by atoms with E-state index in [1.165, 1.54) is 0 Å². The smallest absolute Gasteiger partial charge is 0.234 e. The number of carbonyl (C=O) groups excluding carboxylic acids is 1. The van der Waals surface area contributed by atoms with Crippen LogP contribution in [-0.2, 0) is 14.9 Å². The molecule has 4 nitrogen and oxygen atoms in total. The highest BCUT2D eigenvalue weighted by Gasteiger charge is 2.29. The van der Waals surface area contributed by atoms with Crippen LogP contribution >= 0.6 is 0 Å². The molecule has 1 N–H and O–H groups in total. The molecule has 0 aliphatic carbocycles. The topological polar surface area (TPSA) is 47.6 Å². The molecule has 1 fully saturated rings. The standard InChI is InChI=1S/C21H25NO3/c1-21(2,16-8-4-3-5-9-16)20(23)22-17-10-6-11-18(14-17)25-15-19-12-7-13-24-19/h3-6,8-11,14,19H,7,12-13,15H2,1-2H3,(H,22,23). The minimum Gasteiger partial charge on any atom is -0.491 e. The predicted octanol–water partition coefficient (Wildman–Crippen LogP) is 4.16. The SMILES string of the molecule is CC(C)(C(=O)Nc1cccc(OCC2CCCO2)c1)c1ccccc1. The van der Waals surface area contributed by atoms with E-state index in [9.17, 15) is 4.79 Å². The molecule has 3 rings (SSSR count). The van der Waals surface area contributed by atoms with Crippen molar-refractivity contribution in [2.24, 2.45) is 0 Å². The molecule has 1 heterocycles. The van der Waals surface area contributed by atoms with Crippen molar-refractivity contribution in [1.82, 2.24) is 0 Å². The Labute approximate surface area is 149 Å². The summed E-state index contributed by atoms with van der Waals surface area (Å²) in [5, 5.41) is 3.00. The predicted molar refractivity (Wildman–Crippen MR) is 99.0 cm³/mol. The third-order valence-electron chi connectivity index (χ3n) is 4.61. The van der Waals surface area contributed by atoms with Crippen molar-refractivity contribution in [2.45, 2.75) is 38.2 Å². The lowest BCUT2D eigenvalue weighted by atomic mass is 9.83. The van der Waals surface area contributed by atoms with Crippen molar-refractivity contribution in [3.05, 3.63) is 60.2 Å². The maximum Gasteiger partial charge on any atom is 0.234 e. The Balaban J connectivity index is 1.64. The van der Waals surface area contributed by atoms with E-state index in [0.29, 0.717) is 6.61 Å². The summed E-state index contributed by atoms with van der Waals surface area (Å²) in [7, 11) is 0. The fourth-order valence-corrected chi connectivity index (χ4v) is 2.90. The highest BCUT2D eigenvalue weighted by Crippen LogP contribution is 2.26. The zero-order chi connectivity index (χ0) is 17.7. The summed E-state index contributed by atoms with van der Waals surface area (Å²) in [6.07, 6.45) is 2.32. The number of anilines is 1. The molecule has 4 heteroatoms. The number of amides is 1. The quantitative estimate of drug-likeness (QED) is 0.859. The average Bonchev–Trinajstić information content (AvgIpc) is 3.14. The van der Waals surface area contributed by atoms with E-state index in [-0.39, 0.29) is 12.0 Å². The first-order valence-electron chi connectivity index (χ1n) is 8.77. The van der Waals surface area contributed by atoms with Crippen molar-refractivity contribution in [3.63, 3.8) is 0 Å². The van der Waals surface area contributed by atoms with E-state index in [1.54, 1.807) is 0 Å². The molecule has 1 amide bonds. The molecule has 0 saturated carbocycles. The minimum absolute atomic E-state index is 0.0463. The van der Waals surface area contributed by atoms with E-state index >= 15 is 0 Å². The molecule has 2 aromatic carbocycles. The van der Waals surface area contributed by atoms with Gasteiger partial charge in [0.15, 0.2) is 0 Å². The number of ether oxygens (including phenoxy) is 2. The number of nitrogens with one attached hydrogen (secondary N) is 1. The molecule has 0 bridgehead atoms. The first-order valence-corrected chi connectivity index (χ1v) is 8.77. The van der Waals surface area contributed by atoms with Crippen LogP contribution in [0.15, 0.2) is 54.6 Å². The maximum absolute atomic E-state index is 12.7. The van der Waals surface area contributed by atoms with Crippen molar-refractivity contribution < 1.29 is 14.3 Å². The summed E-state index contributed by atoms with van der Waals surface area (Å²) in [6, 6.07) is 17.3. The molecular formula is C21H25NO3. The van der Waals surface area contributed by atoms with Gasteiger partial charge in [-0.15, -0.1) is 0 Å². The normalized spacial score (nSPS) is 17.3. The van der Waals surface area contributed by atoms with E-state index in [4.69, 9.17) is 9.47 Å². The lowest BCUT2D eigenvalue weighted by molar-refractivity contribution is -0.120. The number of hydrogen-bond acceptors (Lipinski definition) is 3. The molecule has 132 valence electrons. The molecule has 25 heavy (non-hydrogen) atoms. The van der Waals surface area contributed by atoms with Crippen LogP contribution in [0.25, 0.3) is 0 Å². The molecule has 1 atom stereocenters. The maximum atomic E-state index is 12.7. The fraction of sp³-hybridized carbons (Fsp3) is 0.381. The van der Waals surface area contributed by atoms with Crippen LogP contribution in [0, 0.1) is 0 Å². The molecule has 1 aliphatic heterocycles. The third-order valence-corrected chi connectivity index (χ3v) is 4.61. The zero-order valence-electron chi connectivity index (χ0n) is 14.8. The van der Waals surface area contributed by atoms with Gasteiger partial charge >= 0.3 is 0 Å². The van der Waals surface area contributed by atoms with Crippen LogP contribution in [-0.4, -0.2) is 25.2 Å². The van der Waals surface area contributed by atoms with Gasteiger partial charge in [-0.05, 0) is 44.4 Å². The van der Waals surface area contributed by atoms with Crippen LogP contribution in [0.5, 0.6) is 5.75 Å². The monoisotopic (exact) mass is 339 g/mol. The molecule has 0 aromatic heterocycles. The molecule has 0 radical (unpaired) electrons. The number of benzene rings is 2. The number of hydrogen-bond donors (Lipinski definition) is 1. The van der Waals surface area contributed by atoms with E-state index < -0.39 is 5.41 Å². The Morgan fingerprint density at radius 2 is 2.00 bits per heavy atom. The largest absolute Gasteiger partial charge is 0.491 e. The molecule has 1 saturated heterocycles. The van der Waals surface area contributed by atoms with Gasteiger partial charge in [0.2, 0.25) is 5.91 Å². The van der Waals surface area contributed by atoms with Gasteiger partial charge in [0, 0.05) is 18.4 Å². The number of carbonyl (C=O) groups is 1. The highest BCUT2D eigenvalue weighted by atomic mass is 16.5. The summed E-state index contributed by atoms with van der Waals surface area (Å²) in [5.41, 5.74) is 1.10. The van der Waals surface area contributed by atoms with Gasteiger partial charge in [-0.3, -0.25) is 4.79 Å². The Morgan fingerprint density at radius 1 is 1.20 bits per heavy atom. The van der Waals surface area contributed by atoms with Crippen LogP contribution in [0.1, 0.15) is 32.3 Å².